The Morgan fingerprint density at radius 2 is 1.08 bits per heavy atom. The molecule has 21 N–H and O–H groups in total. The molecule has 40 nitrogen and oxygen atoms in total. The molecule has 0 aromatic heterocycles. The summed E-state index contributed by atoms with van der Waals surface area (Å²) >= 11 is 0. The number of carboxylic acids is 3. The molecular formula is C62H98N20O20S4. The zero-order valence-electron chi connectivity index (χ0n) is 59.7. The van der Waals surface area contributed by atoms with Gasteiger partial charge in [-0.05, 0) is 66.9 Å². The van der Waals surface area contributed by atoms with Crippen LogP contribution in [-0.2, 0) is 78.3 Å². The second-order valence-electron chi connectivity index (χ2n) is 25.7. The van der Waals surface area contributed by atoms with Crippen molar-refractivity contribution in [2.75, 3.05) is 81.9 Å². The summed E-state index contributed by atoms with van der Waals surface area (Å²) in [4.78, 5) is 227. The first-order valence-electron chi connectivity index (χ1n) is 33.6. The van der Waals surface area contributed by atoms with Gasteiger partial charge in [0.1, 0.15) is 73.0 Å². The third kappa shape index (κ3) is 35.0. The molecule has 44 heteroatoms. The molecule has 11 atom stereocenters. The van der Waals surface area contributed by atoms with E-state index in [1.165, 1.54) is 6.92 Å². The fourth-order valence-corrected chi connectivity index (χ4v) is 14.2. The van der Waals surface area contributed by atoms with Crippen LogP contribution < -0.4 is 85.9 Å². The van der Waals surface area contributed by atoms with Crippen LogP contribution in [0.1, 0.15) is 92.6 Å². The molecule has 2 saturated heterocycles. The maximum Gasteiger partial charge on any atom is 0.322 e. The molecule has 590 valence electrons. The Bertz CT molecular complexity index is 3240. The Hall–Kier alpha value is -8.98. The van der Waals surface area contributed by atoms with Gasteiger partial charge in [0.15, 0.2) is 5.96 Å². The first-order chi connectivity index (χ1) is 49.9. The van der Waals surface area contributed by atoms with E-state index >= 15 is 0 Å². The molecule has 2 fully saturated rings. The third-order valence-corrected chi connectivity index (χ3v) is 21.4. The van der Waals surface area contributed by atoms with Crippen molar-refractivity contribution >= 4 is 138 Å². The summed E-state index contributed by atoms with van der Waals surface area (Å²) in [5.74, 6) is -17.2. The van der Waals surface area contributed by atoms with Crippen molar-refractivity contribution in [2.45, 2.75) is 171 Å². The molecule has 2 aliphatic rings. The highest BCUT2D eigenvalue weighted by atomic mass is 33.1. The predicted molar refractivity (Wildman–Crippen MR) is 394 cm³/mol. The molecule has 1 aromatic rings. The highest BCUT2D eigenvalue weighted by Gasteiger charge is 2.38. The van der Waals surface area contributed by atoms with Crippen molar-refractivity contribution < 1.29 is 87.2 Å². The molecular weight excluding hydrogens is 1470 g/mol. The van der Waals surface area contributed by atoms with Gasteiger partial charge in [0.05, 0.1) is 19.4 Å². The topological polar surface area (TPSA) is 612 Å². The summed E-state index contributed by atoms with van der Waals surface area (Å²) in [7, 11) is 3.76. The first-order valence-corrected chi connectivity index (χ1v) is 38.6. The molecule has 0 bridgehead atoms. The summed E-state index contributed by atoms with van der Waals surface area (Å²) in [5.41, 5.74) is 10.3. The van der Waals surface area contributed by atoms with Gasteiger partial charge < -0.3 is 101 Å². The second-order valence-corrected chi connectivity index (χ2v) is 30.8. The van der Waals surface area contributed by atoms with Gasteiger partial charge in [-0.15, -0.1) is 0 Å². The fraction of sp³-hybridized carbons (Fsp3) is 0.645. The van der Waals surface area contributed by atoms with Crippen molar-refractivity contribution in [2.24, 2.45) is 26.8 Å². The van der Waals surface area contributed by atoms with Crippen LogP contribution in [0.25, 0.3) is 0 Å². The SMILES string of the molecule is CC(N=O)C(C)(C)NCCN(CCNC(=O)CCC(=O)N[C@@H](C)C(=O)N[C@H]1CSSC[C@@H](C(=O)N[C@@H](CCCN=C(N)N)C(=O)NCC(=O)N[C@@H](CC(=O)O)C(=O)N[C@H]2CSSC[C@@H](C(=O)NCC(=O)O)NC(=O)[C@H](Cc3ccccc3)NC2=O)NC(=O)[C@H](CC(=O)O)NC1=O)CCNC(C)(C)C(C)N=O. The number of nitroso groups, excluding NO2 is 2. The van der Waals surface area contributed by atoms with E-state index in [1.807, 2.05) is 32.6 Å². The third-order valence-electron chi connectivity index (χ3n) is 16.5. The number of nitrogens with two attached hydrogens (primary N) is 2. The van der Waals surface area contributed by atoms with Gasteiger partial charge in [-0.25, -0.2) is 0 Å². The lowest BCUT2D eigenvalue weighted by Gasteiger charge is -2.32. The van der Waals surface area contributed by atoms with Crippen LogP contribution in [0.15, 0.2) is 45.7 Å². The first kappa shape index (κ1) is 91.2. The zero-order chi connectivity index (χ0) is 79.3. The van der Waals surface area contributed by atoms with E-state index in [0.29, 0.717) is 38.3 Å². The lowest BCUT2D eigenvalue weighted by atomic mass is 9.97. The van der Waals surface area contributed by atoms with Gasteiger partial charge in [0.25, 0.3) is 0 Å². The minimum absolute atomic E-state index is 0.00163. The molecule has 2 unspecified atom stereocenters. The molecule has 106 heavy (non-hydrogen) atoms. The number of aliphatic imine (C=N–C) groups is 1. The van der Waals surface area contributed by atoms with Crippen LogP contribution in [0.5, 0.6) is 0 Å². The number of carboxylic acid groups (broad SMARTS) is 3. The maximum absolute atomic E-state index is 14.2. The van der Waals surface area contributed by atoms with Crippen LogP contribution in [0.2, 0.25) is 0 Å². The van der Waals surface area contributed by atoms with Crippen molar-refractivity contribution in [1.29, 1.82) is 0 Å². The molecule has 0 spiro atoms. The number of amides is 12. The number of hydrogen-bond acceptors (Lipinski definition) is 27. The summed E-state index contributed by atoms with van der Waals surface area (Å²) in [6.07, 6.45) is -3.08. The van der Waals surface area contributed by atoms with Gasteiger partial charge in [0.2, 0.25) is 70.9 Å². The Balaban J connectivity index is 1.70. The fourth-order valence-electron chi connectivity index (χ4n) is 9.56. The van der Waals surface area contributed by atoms with E-state index in [4.69, 9.17) is 16.6 Å². The number of nitrogens with one attached hydrogen (secondary N) is 14. The van der Waals surface area contributed by atoms with Crippen molar-refractivity contribution in [3.05, 3.63) is 45.7 Å². The number of carbonyl (C=O) groups is 15. The molecule has 0 radical (unpaired) electrons. The largest absolute Gasteiger partial charge is 0.481 e. The second kappa shape index (κ2) is 46.9. The van der Waals surface area contributed by atoms with Gasteiger partial charge in [-0.3, -0.25) is 81.8 Å². The summed E-state index contributed by atoms with van der Waals surface area (Å²) in [6, 6.07) is -6.56. The average molecular weight is 1570 g/mol. The predicted octanol–water partition coefficient (Wildman–Crippen LogP) is -5.03. The standard InChI is InChI=1S/C62H98N20O20S4/c1-33(71-46(84)16-15-45(83)65-18-21-82(22-19-69-61(4,5)34(2)80-101)23-20-70-62(6,7)35(3)81-102)51(92)76-42-30-104-106-31-43(79-56(97)40(26-49(88)89)75-58(42)99)57(98)73-37(14-11-17-66-60(63)64)52(93)67-27-47(85)72-39(25-48(86)87)55(96)78-44-32-105-103-29-41(53(94)68-28-50(90)91)77-54(95)38(74-59(44)100)24-36-12-9-8-10-13-36/h8-10,12-13,33-35,37-44,69-70H,11,14-32H2,1-7H3,(H,65,83)(H,67,93)(H,68,94)(H,71,84)(H,72,85)(H,73,98)(H,74,100)(H,75,99)(H,76,92)(H,77,95)(H,78,96)(H,79,97)(H,86,87)(H,88,89)(H,90,91)(H4,63,64,66)/t33-,34?,35?,37-,38-,39-,40-,41-,42-,43-,44-/m0/s1. The highest BCUT2D eigenvalue weighted by molar-refractivity contribution is 8.77. The highest BCUT2D eigenvalue weighted by Crippen LogP contribution is 2.26. The number of carbonyl (C=O) groups excluding carboxylic acids is 12. The van der Waals surface area contributed by atoms with E-state index in [-0.39, 0.29) is 74.2 Å². The number of aliphatic carboxylic acids is 3. The van der Waals surface area contributed by atoms with Crippen molar-refractivity contribution in [1.82, 2.24) is 79.3 Å². The van der Waals surface area contributed by atoms with Crippen LogP contribution in [0.3, 0.4) is 0 Å². The Labute approximate surface area is 626 Å². The summed E-state index contributed by atoms with van der Waals surface area (Å²) in [6.45, 7) is 12.8. The smallest absolute Gasteiger partial charge is 0.322 e. The van der Waals surface area contributed by atoms with Crippen LogP contribution >= 0.6 is 43.2 Å². The van der Waals surface area contributed by atoms with Crippen LogP contribution in [0.4, 0.5) is 0 Å². The van der Waals surface area contributed by atoms with Gasteiger partial charge in [0, 0.05) is 99.2 Å². The van der Waals surface area contributed by atoms with Gasteiger partial charge in [-0.2, -0.15) is 9.81 Å². The molecule has 2 heterocycles. The molecule has 3 rings (SSSR count). The van der Waals surface area contributed by atoms with E-state index in [2.05, 4.69) is 89.8 Å². The summed E-state index contributed by atoms with van der Waals surface area (Å²) < 4.78 is 0. The zero-order valence-corrected chi connectivity index (χ0v) is 63.0. The van der Waals surface area contributed by atoms with Crippen molar-refractivity contribution in [3.63, 3.8) is 0 Å². The van der Waals surface area contributed by atoms with E-state index in [9.17, 15) is 91.9 Å². The lowest BCUT2D eigenvalue weighted by Crippen LogP contribution is -2.60. The van der Waals surface area contributed by atoms with E-state index in [1.54, 1.807) is 44.2 Å². The maximum atomic E-state index is 14.2. The molecule has 1 aromatic carbocycles. The minimum Gasteiger partial charge on any atom is -0.481 e. The van der Waals surface area contributed by atoms with Crippen LogP contribution in [-0.4, -0.2) is 274 Å². The monoisotopic (exact) mass is 1570 g/mol. The normalized spacial score (nSPS) is 19.7. The minimum atomic E-state index is -1.91. The molecule has 2 aliphatic heterocycles. The number of nitrogens with zero attached hydrogens (tertiary/aromatic N) is 4. The Morgan fingerprint density at radius 1 is 0.566 bits per heavy atom. The summed E-state index contributed by atoms with van der Waals surface area (Å²) in [5, 5.41) is 70.7. The Morgan fingerprint density at radius 3 is 1.62 bits per heavy atom. The lowest BCUT2D eigenvalue weighted by molar-refractivity contribution is -0.141. The molecule has 0 saturated carbocycles. The average Bonchev–Trinajstić information content (AvgIpc) is 1.63. The quantitative estimate of drug-likeness (QED) is 0.00958. The van der Waals surface area contributed by atoms with E-state index < -0.39 is 192 Å². The number of rotatable bonds is 42. The van der Waals surface area contributed by atoms with Gasteiger partial charge >= 0.3 is 17.9 Å². The number of benzene rings is 1. The van der Waals surface area contributed by atoms with E-state index in [0.717, 1.165) is 43.2 Å². The Kier molecular flexibility index (Phi) is 40.3. The van der Waals surface area contributed by atoms with Gasteiger partial charge in [-0.1, -0.05) is 83.9 Å². The number of hydrogen-bond donors (Lipinski definition) is 19. The van der Waals surface area contributed by atoms with Crippen molar-refractivity contribution in [3.8, 4) is 0 Å². The molecule has 0 aliphatic carbocycles. The number of guanidine groups is 1. The molecule has 12 amide bonds. The van der Waals surface area contributed by atoms with Crippen LogP contribution in [0, 0.1) is 9.81 Å².